The molecule has 0 aliphatic heterocycles. The Balaban J connectivity index is 2.32. The number of ether oxygens (including phenoxy) is 2. The van der Waals surface area contributed by atoms with Gasteiger partial charge in [-0.15, -0.1) is 0 Å². The number of methoxy groups -OCH3 is 1. The van der Waals surface area contributed by atoms with E-state index in [9.17, 15) is 14.0 Å². The predicted octanol–water partition coefficient (Wildman–Crippen LogP) is 3.60. The van der Waals surface area contributed by atoms with Crippen molar-refractivity contribution in [2.24, 2.45) is 0 Å². The lowest BCUT2D eigenvalue weighted by molar-refractivity contribution is -0.151. The molecule has 0 aliphatic rings. The van der Waals surface area contributed by atoms with Crippen molar-refractivity contribution in [3.8, 4) is 0 Å². The number of carbonyl (C=O) groups is 2. The topological polar surface area (TPSA) is 65.5 Å². The first-order chi connectivity index (χ1) is 10.9. The number of halogens is 3. The zero-order chi connectivity index (χ0) is 17.0. The second-order valence-electron chi connectivity index (χ2n) is 4.34. The molecule has 1 aromatic carbocycles. The molecule has 1 heterocycles. The highest BCUT2D eigenvalue weighted by atomic mass is 35.5. The van der Waals surface area contributed by atoms with Gasteiger partial charge in [-0.05, 0) is 18.2 Å². The summed E-state index contributed by atoms with van der Waals surface area (Å²) in [6, 6.07) is 6.46. The number of carbonyl (C=O) groups excluding carboxylic acids is 2. The van der Waals surface area contributed by atoms with Crippen molar-refractivity contribution in [3.63, 3.8) is 0 Å². The summed E-state index contributed by atoms with van der Waals surface area (Å²) in [5, 5.41) is 0.478. The maximum Gasteiger partial charge on any atom is 0.352 e. The van der Waals surface area contributed by atoms with Crippen molar-refractivity contribution < 1.29 is 23.5 Å². The van der Waals surface area contributed by atoms with Gasteiger partial charge in [0.15, 0.2) is 0 Å². The van der Waals surface area contributed by atoms with Crippen molar-refractivity contribution in [2.75, 3.05) is 7.11 Å². The molecular formula is C15H10Cl2FNO4. The third-order valence-electron chi connectivity index (χ3n) is 2.85. The third-order valence-corrected chi connectivity index (χ3v) is 3.41. The number of hydrogen-bond donors (Lipinski definition) is 0. The zero-order valence-electron chi connectivity index (χ0n) is 11.8. The molecule has 1 unspecified atom stereocenters. The van der Waals surface area contributed by atoms with Gasteiger partial charge >= 0.3 is 11.9 Å². The first-order valence-electron chi connectivity index (χ1n) is 6.27. The van der Waals surface area contributed by atoms with E-state index in [0.29, 0.717) is 5.02 Å². The summed E-state index contributed by atoms with van der Waals surface area (Å²) >= 11 is 11.8. The van der Waals surface area contributed by atoms with Crippen molar-refractivity contribution in [1.29, 1.82) is 0 Å². The number of rotatable bonds is 4. The lowest BCUT2D eigenvalue weighted by atomic mass is 10.1. The molecule has 8 heteroatoms. The van der Waals surface area contributed by atoms with Crippen LogP contribution in [0.2, 0.25) is 10.0 Å². The summed E-state index contributed by atoms with van der Waals surface area (Å²) in [6.45, 7) is 0. The van der Waals surface area contributed by atoms with E-state index in [1.165, 1.54) is 24.3 Å². The van der Waals surface area contributed by atoms with E-state index in [1.807, 2.05) is 0 Å². The number of benzene rings is 1. The smallest absolute Gasteiger partial charge is 0.352 e. The minimum absolute atomic E-state index is 0.100. The maximum atomic E-state index is 13.1. The van der Waals surface area contributed by atoms with Gasteiger partial charge in [-0.2, -0.15) is 4.39 Å². The average Bonchev–Trinajstić information content (AvgIpc) is 2.52. The number of nitrogens with zero attached hydrogens (tertiary/aromatic N) is 1. The van der Waals surface area contributed by atoms with Gasteiger partial charge in [0, 0.05) is 27.9 Å². The minimum Gasteiger partial charge on any atom is -0.466 e. The molecule has 0 spiro atoms. The Kier molecular flexibility index (Phi) is 5.52. The minimum atomic E-state index is -1.41. The van der Waals surface area contributed by atoms with Crippen LogP contribution in [0.15, 0.2) is 36.5 Å². The van der Waals surface area contributed by atoms with Gasteiger partial charge < -0.3 is 9.47 Å². The Morgan fingerprint density at radius 3 is 2.57 bits per heavy atom. The summed E-state index contributed by atoms with van der Waals surface area (Å²) in [4.78, 5) is 27.3. The van der Waals surface area contributed by atoms with Crippen LogP contribution in [0.3, 0.4) is 0 Å². The van der Waals surface area contributed by atoms with Gasteiger partial charge in [0.05, 0.1) is 12.7 Å². The van der Waals surface area contributed by atoms with Gasteiger partial charge in [-0.25, -0.2) is 14.6 Å². The van der Waals surface area contributed by atoms with Crippen LogP contribution in [0, 0.1) is 5.95 Å². The summed E-state index contributed by atoms with van der Waals surface area (Å²) in [5.41, 5.74) is 0.0993. The van der Waals surface area contributed by atoms with E-state index < -0.39 is 24.0 Å². The van der Waals surface area contributed by atoms with Crippen LogP contribution in [0.4, 0.5) is 4.39 Å². The molecule has 0 radical (unpaired) electrons. The molecule has 1 aromatic heterocycles. The van der Waals surface area contributed by atoms with E-state index in [0.717, 1.165) is 19.4 Å². The standard InChI is InChI=1S/C15H10Cl2FNO4/c1-22-15(21)13(10-3-2-9(16)7-11(10)17)23-14(20)8-4-5-19-12(18)6-8/h2-7,13H,1H3. The summed E-state index contributed by atoms with van der Waals surface area (Å²) in [6.07, 6.45) is -0.303. The van der Waals surface area contributed by atoms with Crippen molar-refractivity contribution >= 4 is 35.1 Å². The first-order valence-corrected chi connectivity index (χ1v) is 7.03. The third kappa shape index (κ3) is 4.18. The molecular weight excluding hydrogens is 348 g/mol. The molecule has 2 rings (SSSR count). The Hall–Kier alpha value is -2.18. The summed E-state index contributed by atoms with van der Waals surface area (Å²) < 4.78 is 22.8. The quantitative estimate of drug-likeness (QED) is 0.617. The van der Waals surface area contributed by atoms with Crippen LogP contribution >= 0.6 is 23.2 Å². The molecule has 0 N–H and O–H groups in total. The van der Waals surface area contributed by atoms with Crippen molar-refractivity contribution in [3.05, 3.63) is 63.6 Å². The summed E-state index contributed by atoms with van der Waals surface area (Å²) in [5.74, 6) is -2.61. The second-order valence-corrected chi connectivity index (χ2v) is 5.19. The fourth-order valence-electron chi connectivity index (χ4n) is 1.76. The van der Waals surface area contributed by atoms with Gasteiger partial charge in [-0.1, -0.05) is 29.3 Å². The Bertz CT molecular complexity index is 754. The van der Waals surface area contributed by atoms with Crippen LogP contribution in [0.25, 0.3) is 0 Å². The van der Waals surface area contributed by atoms with Crippen LogP contribution in [0.5, 0.6) is 0 Å². The van der Waals surface area contributed by atoms with Gasteiger partial charge in [-0.3, -0.25) is 0 Å². The van der Waals surface area contributed by atoms with E-state index in [1.54, 1.807) is 0 Å². The van der Waals surface area contributed by atoms with E-state index in [-0.39, 0.29) is 16.1 Å². The number of esters is 2. The van der Waals surface area contributed by atoms with Crippen molar-refractivity contribution in [2.45, 2.75) is 6.10 Å². The Labute approximate surface area is 140 Å². The maximum absolute atomic E-state index is 13.1. The molecule has 0 aliphatic carbocycles. The van der Waals surface area contributed by atoms with E-state index in [2.05, 4.69) is 9.72 Å². The molecule has 2 aromatic rings. The Morgan fingerprint density at radius 2 is 1.96 bits per heavy atom. The lowest BCUT2D eigenvalue weighted by Gasteiger charge is -2.17. The van der Waals surface area contributed by atoms with Gasteiger partial charge in [0.1, 0.15) is 0 Å². The zero-order valence-corrected chi connectivity index (χ0v) is 13.3. The molecule has 5 nitrogen and oxygen atoms in total. The van der Waals surface area contributed by atoms with E-state index >= 15 is 0 Å². The number of pyridine rings is 1. The van der Waals surface area contributed by atoms with Crippen LogP contribution < -0.4 is 0 Å². The molecule has 0 saturated heterocycles. The SMILES string of the molecule is COC(=O)C(OC(=O)c1ccnc(F)c1)c1ccc(Cl)cc1Cl. The predicted molar refractivity (Wildman–Crippen MR) is 80.8 cm³/mol. The number of hydrogen-bond acceptors (Lipinski definition) is 5. The first kappa shape index (κ1) is 17.2. The van der Waals surface area contributed by atoms with Gasteiger partial charge in [0.25, 0.3) is 0 Å². The molecule has 0 saturated carbocycles. The van der Waals surface area contributed by atoms with Crippen LogP contribution in [-0.2, 0) is 14.3 Å². The average molecular weight is 358 g/mol. The fourth-order valence-corrected chi connectivity index (χ4v) is 2.27. The highest BCUT2D eigenvalue weighted by Gasteiger charge is 2.28. The fraction of sp³-hybridized carbons (Fsp3) is 0.133. The normalized spacial score (nSPS) is 11.7. The molecule has 0 bridgehead atoms. The van der Waals surface area contributed by atoms with Gasteiger partial charge in [0.2, 0.25) is 12.1 Å². The molecule has 1 atom stereocenters. The second kappa shape index (κ2) is 7.39. The highest BCUT2D eigenvalue weighted by Crippen LogP contribution is 2.30. The lowest BCUT2D eigenvalue weighted by Crippen LogP contribution is -2.21. The Morgan fingerprint density at radius 1 is 1.22 bits per heavy atom. The monoisotopic (exact) mass is 357 g/mol. The molecule has 0 amide bonds. The van der Waals surface area contributed by atoms with E-state index in [4.69, 9.17) is 27.9 Å². The van der Waals surface area contributed by atoms with Crippen LogP contribution in [0.1, 0.15) is 22.0 Å². The van der Waals surface area contributed by atoms with Crippen molar-refractivity contribution in [1.82, 2.24) is 4.98 Å². The molecule has 23 heavy (non-hydrogen) atoms. The molecule has 0 fully saturated rings. The largest absolute Gasteiger partial charge is 0.466 e. The molecule has 120 valence electrons. The van der Waals surface area contributed by atoms with Crippen LogP contribution in [-0.4, -0.2) is 24.0 Å². The summed E-state index contributed by atoms with van der Waals surface area (Å²) in [7, 11) is 1.14. The highest BCUT2D eigenvalue weighted by molar-refractivity contribution is 6.35. The number of aromatic nitrogens is 1.